The zero-order chi connectivity index (χ0) is 23.9. The van der Waals surface area contributed by atoms with Crippen LogP contribution >= 0.6 is 0 Å². The Hall–Kier alpha value is -3.46. The summed E-state index contributed by atoms with van der Waals surface area (Å²) in [5, 5.41) is 22.2. The molecule has 3 N–H and O–H groups in total. The number of hydrogen-bond donors (Lipinski definition) is 3. The van der Waals surface area contributed by atoms with Crippen molar-refractivity contribution in [1.29, 1.82) is 5.41 Å². The van der Waals surface area contributed by atoms with Gasteiger partial charge in [0.2, 0.25) is 0 Å². The van der Waals surface area contributed by atoms with E-state index in [2.05, 4.69) is 49.5 Å². The average Bonchev–Trinajstić information content (AvgIpc) is 3.34. The Morgan fingerprint density at radius 2 is 1.97 bits per heavy atom. The summed E-state index contributed by atoms with van der Waals surface area (Å²) in [6.07, 6.45) is 7.70. The van der Waals surface area contributed by atoms with Crippen LogP contribution in [-0.4, -0.2) is 63.6 Å². The summed E-state index contributed by atoms with van der Waals surface area (Å²) >= 11 is 0. The Morgan fingerprint density at radius 1 is 1.15 bits per heavy atom. The molecule has 0 aromatic carbocycles. The first-order valence-electron chi connectivity index (χ1n) is 11.7. The third kappa shape index (κ3) is 6.11. The molecule has 1 aliphatic rings. The van der Waals surface area contributed by atoms with Crippen LogP contribution in [-0.2, 0) is 0 Å². The minimum Gasteiger partial charge on any atom is -0.387 e. The van der Waals surface area contributed by atoms with Crippen LogP contribution in [0, 0.1) is 5.41 Å². The molecule has 34 heavy (non-hydrogen) atoms. The van der Waals surface area contributed by atoms with Gasteiger partial charge in [-0.05, 0) is 61.7 Å². The van der Waals surface area contributed by atoms with E-state index in [0.717, 1.165) is 42.6 Å². The van der Waals surface area contributed by atoms with Gasteiger partial charge in [-0.3, -0.25) is 4.98 Å². The number of pyridine rings is 2. The molecule has 1 atom stereocenters. The molecule has 3 aromatic rings. The smallest absolute Gasteiger partial charge is 0.154 e. The van der Waals surface area contributed by atoms with E-state index in [-0.39, 0.29) is 6.54 Å². The van der Waals surface area contributed by atoms with Crippen LogP contribution in [0.2, 0.25) is 0 Å². The molecule has 1 unspecified atom stereocenters. The Kier molecular flexibility index (Phi) is 7.74. The van der Waals surface area contributed by atoms with Crippen molar-refractivity contribution < 1.29 is 4.39 Å². The molecule has 1 fully saturated rings. The molecule has 0 bridgehead atoms. The van der Waals surface area contributed by atoms with E-state index in [0.29, 0.717) is 35.2 Å². The molecule has 0 saturated carbocycles. The van der Waals surface area contributed by atoms with Gasteiger partial charge in [0.1, 0.15) is 12.0 Å². The highest BCUT2D eigenvalue weighted by atomic mass is 19.1. The number of halogens is 1. The number of allylic oxidation sites excluding steroid dienone is 1. The summed E-state index contributed by atoms with van der Waals surface area (Å²) in [6, 6.07) is 7.56. The van der Waals surface area contributed by atoms with Crippen molar-refractivity contribution in [3.8, 4) is 0 Å². The predicted octanol–water partition coefficient (Wildman–Crippen LogP) is 4.30. The lowest BCUT2D eigenvalue weighted by Crippen LogP contribution is -2.33. The van der Waals surface area contributed by atoms with Crippen molar-refractivity contribution >= 4 is 34.5 Å². The van der Waals surface area contributed by atoms with E-state index < -0.39 is 6.17 Å². The van der Waals surface area contributed by atoms with E-state index in [1.807, 2.05) is 24.3 Å². The molecule has 4 rings (SSSR count). The van der Waals surface area contributed by atoms with E-state index in [1.165, 1.54) is 6.21 Å². The minimum atomic E-state index is -0.955. The first kappa shape index (κ1) is 23.7. The van der Waals surface area contributed by atoms with Crippen LogP contribution in [0.5, 0.6) is 0 Å². The second-order valence-electron chi connectivity index (χ2n) is 8.87. The third-order valence-electron chi connectivity index (χ3n) is 5.88. The van der Waals surface area contributed by atoms with Crippen LogP contribution in [0.25, 0.3) is 16.6 Å². The molecule has 4 heterocycles. The van der Waals surface area contributed by atoms with Gasteiger partial charge in [-0.25, -0.2) is 9.37 Å². The Morgan fingerprint density at radius 3 is 2.74 bits per heavy atom. The van der Waals surface area contributed by atoms with E-state index in [4.69, 9.17) is 5.41 Å². The largest absolute Gasteiger partial charge is 0.387 e. The molecule has 0 amide bonds. The summed E-state index contributed by atoms with van der Waals surface area (Å²) in [6.45, 7) is 6.81. The van der Waals surface area contributed by atoms with Gasteiger partial charge >= 0.3 is 0 Å². The lowest BCUT2D eigenvalue weighted by atomic mass is 10.1. The summed E-state index contributed by atoms with van der Waals surface area (Å²) in [7, 11) is 0. The van der Waals surface area contributed by atoms with Gasteiger partial charge in [-0.2, -0.15) is 5.10 Å². The van der Waals surface area contributed by atoms with Gasteiger partial charge in [0.15, 0.2) is 5.82 Å². The Labute approximate surface area is 199 Å². The van der Waals surface area contributed by atoms with Gasteiger partial charge in [-0.15, -0.1) is 5.10 Å². The lowest BCUT2D eigenvalue weighted by Gasteiger charge is -2.17. The SMILES string of the molecule is CC(C)c1cnnc(Nc2ccc3ncc(/C(C=N)=C/NCC(F)CN4CCCC4)cc3n2)c1. The maximum absolute atomic E-state index is 14.3. The number of nitrogens with one attached hydrogen (secondary N) is 3. The number of nitrogens with zero attached hydrogens (tertiary/aromatic N) is 5. The molecule has 178 valence electrons. The number of hydrogen-bond acceptors (Lipinski definition) is 8. The van der Waals surface area contributed by atoms with Gasteiger partial charge in [0.25, 0.3) is 0 Å². The third-order valence-corrected chi connectivity index (χ3v) is 5.88. The summed E-state index contributed by atoms with van der Waals surface area (Å²) in [5.74, 6) is 1.60. The molecule has 0 radical (unpaired) electrons. The van der Waals surface area contributed by atoms with Crippen molar-refractivity contribution in [3.63, 3.8) is 0 Å². The standard InChI is InChI=1S/C25H31FN8/c1-17(2)18-10-25(33-30-14-18)32-24-6-5-22-23(31-24)9-19(13-29-22)20(11-27)12-28-15-21(26)16-34-7-3-4-8-34/h5-6,9-14,17,21,27-28H,3-4,7-8,15-16H2,1-2H3,(H,31,32,33)/b20-12+,27-11?. The average molecular weight is 463 g/mol. The summed E-state index contributed by atoms with van der Waals surface area (Å²) in [4.78, 5) is 11.3. The number of aromatic nitrogens is 4. The van der Waals surface area contributed by atoms with Gasteiger partial charge in [0.05, 0.1) is 17.2 Å². The van der Waals surface area contributed by atoms with Crippen LogP contribution in [0.1, 0.15) is 43.7 Å². The van der Waals surface area contributed by atoms with Crippen molar-refractivity contribution in [2.24, 2.45) is 0 Å². The van der Waals surface area contributed by atoms with E-state index in [9.17, 15) is 4.39 Å². The molecule has 9 heteroatoms. The number of alkyl halides is 1. The fourth-order valence-corrected chi connectivity index (χ4v) is 3.94. The Balaban J connectivity index is 1.45. The number of anilines is 2. The van der Waals surface area contributed by atoms with Crippen LogP contribution in [0.3, 0.4) is 0 Å². The highest BCUT2D eigenvalue weighted by Crippen LogP contribution is 2.21. The zero-order valence-electron chi connectivity index (χ0n) is 19.6. The number of rotatable bonds is 10. The zero-order valence-corrected chi connectivity index (χ0v) is 19.6. The van der Waals surface area contributed by atoms with Crippen LogP contribution < -0.4 is 10.6 Å². The van der Waals surface area contributed by atoms with Gasteiger partial charge in [0, 0.05) is 42.8 Å². The molecule has 3 aromatic heterocycles. The highest BCUT2D eigenvalue weighted by Gasteiger charge is 2.16. The topological polar surface area (TPSA) is 103 Å². The monoisotopic (exact) mass is 462 g/mol. The molecular weight excluding hydrogens is 431 g/mol. The van der Waals surface area contributed by atoms with Crippen molar-refractivity contribution in [2.75, 3.05) is 31.5 Å². The molecule has 8 nitrogen and oxygen atoms in total. The second-order valence-corrected chi connectivity index (χ2v) is 8.87. The first-order chi connectivity index (χ1) is 16.5. The van der Waals surface area contributed by atoms with Crippen LogP contribution in [0.15, 0.2) is 42.9 Å². The fraction of sp³-hybridized carbons (Fsp3) is 0.400. The van der Waals surface area contributed by atoms with Crippen molar-refractivity contribution in [2.45, 2.75) is 38.8 Å². The molecule has 1 saturated heterocycles. The number of fused-ring (bicyclic) bond motifs is 1. The maximum Gasteiger partial charge on any atom is 0.154 e. The molecular formula is C25H31FN8. The molecule has 1 aliphatic heterocycles. The molecule has 0 aliphatic carbocycles. The van der Waals surface area contributed by atoms with Gasteiger partial charge in [-0.1, -0.05) is 13.8 Å². The van der Waals surface area contributed by atoms with Crippen molar-refractivity contribution in [1.82, 2.24) is 30.4 Å². The summed E-state index contributed by atoms with van der Waals surface area (Å²) < 4.78 is 14.3. The lowest BCUT2D eigenvalue weighted by molar-refractivity contribution is 0.220. The van der Waals surface area contributed by atoms with Crippen LogP contribution in [0.4, 0.5) is 16.0 Å². The predicted molar refractivity (Wildman–Crippen MR) is 134 cm³/mol. The fourth-order valence-electron chi connectivity index (χ4n) is 3.94. The normalized spacial score (nSPS) is 15.6. The van der Waals surface area contributed by atoms with E-state index in [1.54, 1.807) is 18.6 Å². The van der Waals surface area contributed by atoms with E-state index >= 15 is 0 Å². The van der Waals surface area contributed by atoms with Gasteiger partial charge < -0.3 is 20.9 Å². The van der Waals surface area contributed by atoms with Crippen molar-refractivity contribution in [3.05, 3.63) is 54.0 Å². The number of likely N-dealkylation sites (tertiary alicyclic amines) is 1. The Bertz CT molecular complexity index is 1160. The maximum atomic E-state index is 14.3. The minimum absolute atomic E-state index is 0.206. The molecule has 0 spiro atoms. The second kappa shape index (κ2) is 11.1. The first-order valence-corrected chi connectivity index (χ1v) is 11.7. The highest BCUT2D eigenvalue weighted by molar-refractivity contribution is 6.08. The quantitative estimate of drug-likeness (QED) is 0.386. The summed E-state index contributed by atoms with van der Waals surface area (Å²) in [5.41, 5.74) is 3.85.